The Hall–Kier alpha value is -3.87. The highest BCUT2D eigenvalue weighted by Crippen LogP contribution is 2.31. The molecule has 4 aromatic rings. The van der Waals surface area contributed by atoms with Crippen LogP contribution in [0.3, 0.4) is 0 Å². The zero-order valence-corrected chi connectivity index (χ0v) is 14.6. The van der Waals surface area contributed by atoms with Gasteiger partial charge in [0.2, 0.25) is 11.8 Å². The van der Waals surface area contributed by atoms with Gasteiger partial charge in [-0.15, -0.1) is 0 Å². The van der Waals surface area contributed by atoms with E-state index in [4.69, 9.17) is 4.74 Å². The van der Waals surface area contributed by atoms with E-state index in [0.29, 0.717) is 23.1 Å². The highest BCUT2D eigenvalue weighted by atomic mass is 16.5. The second-order valence-corrected chi connectivity index (χ2v) is 5.94. The van der Waals surface area contributed by atoms with Crippen LogP contribution < -0.4 is 15.4 Å². The number of amides is 1. The molecule has 0 saturated heterocycles. The first-order chi connectivity index (χ1) is 13.2. The number of aromatic nitrogens is 3. The molecule has 0 atom stereocenters. The third kappa shape index (κ3) is 3.87. The Morgan fingerprint density at radius 1 is 1.07 bits per heavy atom. The zero-order valence-electron chi connectivity index (χ0n) is 14.6. The zero-order chi connectivity index (χ0) is 18.6. The smallest absolute Gasteiger partial charge is 0.229 e. The molecule has 3 N–H and O–H groups in total. The van der Waals surface area contributed by atoms with Crippen molar-refractivity contribution < 1.29 is 9.53 Å². The number of aromatic amines is 1. The lowest BCUT2D eigenvalue weighted by atomic mass is 10.1. The number of benzene rings is 2. The molecule has 0 bridgehead atoms. The fourth-order valence-corrected chi connectivity index (χ4v) is 2.69. The van der Waals surface area contributed by atoms with Gasteiger partial charge in [-0.3, -0.25) is 9.89 Å². The fourth-order valence-electron chi connectivity index (χ4n) is 2.69. The number of pyridine rings is 1. The molecule has 0 aliphatic carbocycles. The van der Waals surface area contributed by atoms with Crippen LogP contribution in [0.1, 0.15) is 6.92 Å². The molecule has 2 aromatic heterocycles. The van der Waals surface area contributed by atoms with Gasteiger partial charge in [-0.1, -0.05) is 18.2 Å². The number of fused-ring (bicyclic) bond motifs is 1. The lowest BCUT2D eigenvalue weighted by Crippen LogP contribution is -2.05. The van der Waals surface area contributed by atoms with Crippen molar-refractivity contribution in [3.63, 3.8) is 0 Å². The molecule has 0 unspecified atom stereocenters. The molecule has 0 aliphatic heterocycles. The maximum Gasteiger partial charge on any atom is 0.229 e. The lowest BCUT2D eigenvalue weighted by Gasteiger charge is -2.12. The van der Waals surface area contributed by atoms with E-state index >= 15 is 0 Å². The number of rotatable bonds is 5. The summed E-state index contributed by atoms with van der Waals surface area (Å²) in [5, 5.41) is 14.6. The molecule has 7 heteroatoms. The number of carbonyl (C=O) groups is 1. The van der Waals surface area contributed by atoms with E-state index < -0.39 is 0 Å². The quantitative estimate of drug-likeness (QED) is 0.489. The number of anilines is 3. The highest BCUT2D eigenvalue weighted by molar-refractivity contribution is 5.90. The first-order valence-corrected chi connectivity index (χ1v) is 8.39. The second kappa shape index (κ2) is 7.17. The fraction of sp³-hybridized carbons (Fsp3) is 0.0500. The van der Waals surface area contributed by atoms with Gasteiger partial charge in [0.25, 0.3) is 0 Å². The number of hydrogen-bond donors (Lipinski definition) is 3. The van der Waals surface area contributed by atoms with Crippen LogP contribution in [-0.4, -0.2) is 21.1 Å². The molecule has 0 aliphatic rings. The maximum absolute atomic E-state index is 11.1. The van der Waals surface area contributed by atoms with Crippen LogP contribution in [0, 0.1) is 0 Å². The molecule has 0 spiro atoms. The molecule has 0 saturated carbocycles. The molecule has 0 radical (unpaired) electrons. The van der Waals surface area contributed by atoms with Crippen molar-refractivity contribution >= 4 is 34.0 Å². The normalized spacial score (nSPS) is 10.6. The minimum absolute atomic E-state index is 0.117. The van der Waals surface area contributed by atoms with Crippen LogP contribution in [-0.2, 0) is 4.79 Å². The summed E-state index contributed by atoms with van der Waals surface area (Å²) in [5.41, 5.74) is 0.710. The van der Waals surface area contributed by atoms with Crippen LogP contribution in [0.15, 0.2) is 66.9 Å². The summed E-state index contributed by atoms with van der Waals surface area (Å²) < 4.78 is 6.02. The predicted octanol–water partition coefficient (Wildman–Crippen LogP) is 4.45. The minimum atomic E-state index is -0.117. The van der Waals surface area contributed by atoms with Crippen molar-refractivity contribution in [1.82, 2.24) is 15.2 Å². The van der Waals surface area contributed by atoms with Crippen molar-refractivity contribution in [2.24, 2.45) is 0 Å². The average molecular weight is 359 g/mol. The molecular weight excluding hydrogens is 342 g/mol. The average Bonchev–Trinajstić information content (AvgIpc) is 3.16. The Morgan fingerprint density at radius 2 is 1.89 bits per heavy atom. The summed E-state index contributed by atoms with van der Waals surface area (Å²) in [6, 6.07) is 18.8. The number of carbonyl (C=O) groups excluding carboxylic acids is 1. The summed E-state index contributed by atoms with van der Waals surface area (Å²) in [4.78, 5) is 15.7. The largest absolute Gasteiger partial charge is 0.438 e. The summed E-state index contributed by atoms with van der Waals surface area (Å²) >= 11 is 0. The Kier molecular flexibility index (Phi) is 4.40. The molecule has 2 aromatic carbocycles. The van der Waals surface area contributed by atoms with E-state index in [0.717, 1.165) is 16.6 Å². The first-order valence-electron chi connectivity index (χ1n) is 8.39. The first kappa shape index (κ1) is 16.6. The SMILES string of the molecule is CC(=O)Nc1ccc(Oc2nc(Nc3ccn[nH]3)cc3ccccc23)cc1. The van der Waals surface area contributed by atoms with Crippen molar-refractivity contribution in [3.05, 3.63) is 66.9 Å². The van der Waals surface area contributed by atoms with Crippen LogP contribution in [0.5, 0.6) is 11.6 Å². The maximum atomic E-state index is 11.1. The third-order valence-electron chi connectivity index (χ3n) is 3.86. The van der Waals surface area contributed by atoms with Crippen LogP contribution in [0.25, 0.3) is 10.8 Å². The van der Waals surface area contributed by atoms with Crippen molar-refractivity contribution in [2.75, 3.05) is 10.6 Å². The van der Waals surface area contributed by atoms with Crippen LogP contribution in [0.4, 0.5) is 17.3 Å². The van der Waals surface area contributed by atoms with Gasteiger partial charge in [0.15, 0.2) is 0 Å². The van der Waals surface area contributed by atoms with E-state index in [1.54, 1.807) is 30.5 Å². The van der Waals surface area contributed by atoms with Gasteiger partial charge >= 0.3 is 0 Å². The molecule has 27 heavy (non-hydrogen) atoms. The summed E-state index contributed by atoms with van der Waals surface area (Å²) in [5.74, 6) is 2.38. The van der Waals surface area contributed by atoms with Crippen LogP contribution in [0.2, 0.25) is 0 Å². The molecular formula is C20H17N5O2. The minimum Gasteiger partial charge on any atom is -0.438 e. The number of H-pyrrole nitrogens is 1. The van der Waals surface area contributed by atoms with E-state index in [2.05, 4.69) is 25.8 Å². The monoisotopic (exact) mass is 359 g/mol. The van der Waals surface area contributed by atoms with Crippen molar-refractivity contribution in [1.29, 1.82) is 0 Å². The topological polar surface area (TPSA) is 91.9 Å². The lowest BCUT2D eigenvalue weighted by molar-refractivity contribution is -0.114. The van der Waals surface area contributed by atoms with Gasteiger partial charge < -0.3 is 15.4 Å². The van der Waals surface area contributed by atoms with Gasteiger partial charge in [-0.05, 0) is 41.8 Å². The summed E-state index contributed by atoms with van der Waals surface area (Å²) in [6.07, 6.45) is 1.66. The molecule has 1 amide bonds. The number of nitrogens with zero attached hydrogens (tertiary/aromatic N) is 2. The van der Waals surface area contributed by atoms with E-state index in [1.807, 2.05) is 36.4 Å². The number of ether oxygens (including phenoxy) is 1. The van der Waals surface area contributed by atoms with Crippen molar-refractivity contribution in [2.45, 2.75) is 6.92 Å². The Morgan fingerprint density at radius 3 is 2.63 bits per heavy atom. The number of hydrogen-bond acceptors (Lipinski definition) is 5. The van der Waals surface area contributed by atoms with Crippen molar-refractivity contribution in [3.8, 4) is 11.6 Å². The summed E-state index contributed by atoms with van der Waals surface area (Å²) in [6.45, 7) is 1.47. The standard InChI is InChI=1S/C20H17N5O2/c1-13(26)22-15-6-8-16(9-7-15)27-20-17-5-3-2-4-14(17)12-19(24-20)23-18-10-11-21-25-18/h2-12H,1H3,(H,22,26)(H2,21,23,24,25). The summed E-state index contributed by atoms with van der Waals surface area (Å²) in [7, 11) is 0. The predicted molar refractivity (Wildman–Crippen MR) is 104 cm³/mol. The van der Waals surface area contributed by atoms with Gasteiger partial charge in [0.1, 0.15) is 17.4 Å². The molecule has 2 heterocycles. The molecule has 0 fully saturated rings. The third-order valence-corrected chi connectivity index (χ3v) is 3.86. The van der Waals surface area contributed by atoms with Gasteiger partial charge in [-0.25, -0.2) is 0 Å². The van der Waals surface area contributed by atoms with Gasteiger partial charge in [0, 0.05) is 24.1 Å². The van der Waals surface area contributed by atoms with E-state index in [1.165, 1.54) is 6.92 Å². The Bertz CT molecular complexity index is 1080. The van der Waals surface area contributed by atoms with Gasteiger partial charge in [-0.2, -0.15) is 10.1 Å². The van der Waals surface area contributed by atoms with E-state index in [-0.39, 0.29) is 5.91 Å². The Balaban J connectivity index is 1.66. The van der Waals surface area contributed by atoms with Crippen LogP contribution >= 0.6 is 0 Å². The second-order valence-electron chi connectivity index (χ2n) is 5.94. The number of nitrogens with one attached hydrogen (secondary N) is 3. The molecule has 7 nitrogen and oxygen atoms in total. The Labute approximate surface area is 155 Å². The highest BCUT2D eigenvalue weighted by Gasteiger charge is 2.09. The molecule has 4 rings (SSSR count). The molecule has 134 valence electrons. The van der Waals surface area contributed by atoms with Gasteiger partial charge in [0.05, 0.1) is 6.20 Å². The van der Waals surface area contributed by atoms with E-state index in [9.17, 15) is 4.79 Å².